The van der Waals surface area contributed by atoms with Crippen LogP contribution in [0.2, 0.25) is 0 Å². The fraction of sp³-hybridized carbons (Fsp3) is 0.524. The second-order valence-electron chi connectivity index (χ2n) is 7.13. The van der Waals surface area contributed by atoms with E-state index in [0.29, 0.717) is 6.04 Å². The number of hydrogen-bond donors (Lipinski definition) is 0. The molecule has 1 saturated heterocycles. The Kier molecular flexibility index (Phi) is 6.50. The van der Waals surface area contributed by atoms with Gasteiger partial charge in [-0.25, -0.2) is 4.98 Å². The molecule has 27 heavy (non-hydrogen) atoms. The summed E-state index contributed by atoms with van der Waals surface area (Å²) in [5.74, 6) is 2.59. The summed E-state index contributed by atoms with van der Waals surface area (Å²) in [7, 11) is 5.57. The van der Waals surface area contributed by atoms with E-state index in [9.17, 15) is 0 Å². The van der Waals surface area contributed by atoms with E-state index in [1.54, 1.807) is 26.6 Å². The lowest BCUT2D eigenvalue weighted by Crippen LogP contribution is -2.47. The summed E-state index contributed by atoms with van der Waals surface area (Å²) in [6, 6.07) is 6.70. The van der Waals surface area contributed by atoms with Crippen molar-refractivity contribution in [2.45, 2.75) is 32.2 Å². The molecule has 6 heteroatoms. The minimum absolute atomic E-state index is 0.528. The van der Waals surface area contributed by atoms with Crippen LogP contribution in [0, 0.1) is 6.92 Å². The molecule has 1 aliphatic rings. The Balaban J connectivity index is 1.59. The van der Waals surface area contributed by atoms with E-state index < -0.39 is 0 Å². The molecule has 0 radical (unpaired) electrons. The van der Waals surface area contributed by atoms with Gasteiger partial charge >= 0.3 is 0 Å². The average molecular weight is 370 g/mol. The van der Waals surface area contributed by atoms with E-state index in [1.165, 1.54) is 18.4 Å². The Morgan fingerprint density at radius 2 is 1.93 bits per heavy atom. The molecular weight excluding hydrogens is 340 g/mol. The van der Waals surface area contributed by atoms with E-state index in [0.717, 1.165) is 49.1 Å². The van der Waals surface area contributed by atoms with Crippen molar-refractivity contribution in [3.8, 4) is 11.5 Å². The van der Waals surface area contributed by atoms with Gasteiger partial charge in [0.15, 0.2) is 11.5 Å². The highest BCUT2D eigenvalue weighted by Gasteiger charge is 2.25. The Morgan fingerprint density at radius 1 is 1.15 bits per heavy atom. The molecule has 0 amide bonds. The molecule has 2 heterocycles. The van der Waals surface area contributed by atoms with Crippen LogP contribution in [0.25, 0.3) is 0 Å². The van der Waals surface area contributed by atoms with Crippen molar-refractivity contribution in [2.75, 3.05) is 45.8 Å². The number of nitrogens with zero attached hydrogens (tertiary/aromatic N) is 4. The van der Waals surface area contributed by atoms with Gasteiger partial charge in [-0.3, -0.25) is 4.98 Å². The lowest BCUT2D eigenvalue weighted by molar-refractivity contribution is 0.217. The van der Waals surface area contributed by atoms with Crippen molar-refractivity contribution in [3.63, 3.8) is 0 Å². The van der Waals surface area contributed by atoms with Gasteiger partial charge in [-0.05, 0) is 50.9 Å². The first-order chi connectivity index (χ1) is 13.1. The fourth-order valence-corrected chi connectivity index (χ4v) is 3.74. The number of likely N-dealkylation sites (N-methyl/N-ethyl adjacent to an activating group) is 1. The number of aryl methyl sites for hydroxylation is 1. The Labute approximate surface area is 162 Å². The van der Waals surface area contributed by atoms with E-state index in [2.05, 4.69) is 38.9 Å². The molecule has 1 aromatic carbocycles. The fourth-order valence-electron chi connectivity index (χ4n) is 3.74. The van der Waals surface area contributed by atoms with E-state index in [4.69, 9.17) is 9.47 Å². The molecule has 1 aromatic heterocycles. The molecule has 2 aromatic rings. The predicted molar refractivity (Wildman–Crippen MR) is 108 cm³/mol. The monoisotopic (exact) mass is 370 g/mol. The lowest BCUT2D eigenvalue weighted by atomic mass is 10.0. The summed E-state index contributed by atoms with van der Waals surface area (Å²) in [6.07, 6.45) is 6.93. The number of ether oxygens (including phenoxy) is 2. The highest BCUT2D eigenvalue weighted by Crippen LogP contribution is 2.28. The van der Waals surface area contributed by atoms with Gasteiger partial charge in [-0.15, -0.1) is 0 Å². The SMILES string of the molecule is COc1ccc(CCN(C)[C@H]2CCCN(c3nccnc3C)C2)cc1OC. The van der Waals surface area contributed by atoms with E-state index in [1.807, 2.05) is 13.0 Å². The number of hydrogen-bond acceptors (Lipinski definition) is 6. The highest BCUT2D eigenvalue weighted by molar-refractivity contribution is 5.43. The third-order valence-corrected chi connectivity index (χ3v) is 5.38. The second kappa shape index (κ2) is 9.04. The van der Waals surface area contributed by atoms with Crippen LogP contribution in [0.3, 0.4) is 0 Å². The lowest BCUT2D eigenvalue weighted by Gasteiger charge is -2.38. The molecule has 146 valence electrons. The summed E-state index contributed by atoms with van der Waals surface area (Å²) in [4.78, 5) is 13.8. The maximum absolute atomic E-state index is 5.42. The number of benzene rings is 1. The molecule has 0 unspecified atom stereocenters. The third kappa shape index (κ3) is 4.69. The zero-order chi connectivity index (χ0) is 19.2. The zero-order valence-corrected chi connectivity index (χ0v) is 16.8. The standard InChI is InChI=1S/C21H30N4O2/c1-16-21(23-11-10-22-16)25-12-5-6-18(15-25)24(2)13-9-17-7-8-19(26-3)20(14-17)27-4/h7-8,10-11,14,18H,5-6,9,12-13,15H2,1-4H3/t18-/m0/s1. The smallest absolute Gasteiger partial charge is 0.160 e. The van der Waals surface area contributed by atoms with Crippen molar-refractivity contribution < 1.29 is 9.47 Å². The van der Waals surface area contributed by atoms with Gasteiger partial charge in [-0.1, -0.05) is 6.07 Å². The topological polar surface area (TPSA) is 50.7 Å². The molecule has 1 fully saturated rings. The maximum Gasteiger partial charge on any atom is 0.160 e. The van der Waals surface area contributed by atoms with Gasteiger partial charge in [0.25, 0.3) is 0 Å². The molecule has 3 rings (SSSR count). The molecule has 0 spiro atoms. The van der Waals surface area contributed by atoms with Crippen LogP contribution in [-0.2, 0) is 6.42 Å². The number of rotatable bonds is 7. The van der Waals surface area contributed by atoms with Gasteiger partial charge in [0.1, 0.15) is 5.82 Å². The van der Waals surface area contributed by atoms with Gasteiger partial charge in [0.2, 0.25) is 0 Å². The van der Waals surface area contributed by atoms with E-state index >= 15 is 0 Å². The Bertz CT molecular complexity index is 753. The minimum atomic E-state index is 0.528. The number of aromatic nitrogens is 2. The van der Waals surface area contributed by atoms with Crippen molar-refractivity contribution in [3.05, 3.63) is 41.9 Å². The third-order valence-electron chi connectivity index (χ3n) is 5.38. The Morgan fingerprint density at radius 3 is 2.67 bits per heavy atom. The van der Waals surface area contributed by atoms with E-state index in [-0.39, 0.29) is 0 Å². The van der Waals surface area contributed by atoms with Crippen LogP contribution in [0.15, 0.2) is 30.6 Å². The summed E-state index contributed by atoms with van der Waals surface area (Å²) >= 11 is 0. The first-order valence-electron chi connectivity index (χ1n) is 9.56. The largest absolute Gasteiger partial charge is 0.493 e. The van der Waals surface area contributed by atoms with Crippen LogP contribution in [0.4, 0.5) is 5.82 Å². The zero-order valence-electron chi connectivity index (χ0n) is 16.8. The van der Waals surface area contributed by atoms with Gasteiger partial charge in [0, 0.05) is 38.1 Å². The van der Waals surface area contributed by atoms with Crippen molar-refractivity contribution >= 4 is 5.82 Å². The molecule has 0 aliphatic carbocycles. The summed E-state index contributed by atoms with van der Waals surface area (Å²) in [5.41, 5.74) is 2.27. The highest BCUT2D eigenvalue weighted by atomic mass is 16.5. The molecule has 1 atom stereocenters. The summed E-state index contributed by atoms with van der Waals surface area (Å²) in [6.45, 7) is 5.10. The molecule has 0 saturated carbocycles. The van der Waals surface area contributed by atoms with Crippen LogP contribution < -0.4 is 14.4 Å². The van der Waals surface area contributed by atoms with Crippen LogP contribution in [0.1, 0.15) is 24.1 Å². The van der Waals surface area contributed by atoms with Crippen molar-refractivity contribution in [2.24, 2.45) is 0 Å². The quantitative estimate of drug-likeness (QED) is 0.747. The summed E-state index contributed by atoms with van der Waals surface area (Å²) in [5, 5.41) is 0. The number of anilines is 1. The van der Waals surface area contributed by atoms with Crippen molar-refractivity contribution in [1.29, 1.82) is 0 Å². The summed E-state index contributed by atoms with van der Waals surface area (Å²) < 4.78 is 10.7. The normalized spacial score (nSPS) is 17.2. The van der Waals surface area contributed by atoms with Gasteiger partial charge < -0.3 is 19.3 Å². The predicted octanol–water partition coefficient (Wildman–Crippen LogP) is 2.95. The molecule has 0 N–H and O–H groups in total. The Hall–Kier alpha value is -2.34. The molecule has 1 aliphatic heterocycles. The first-order valence-corrected chi connectivity index (χ1v) is 9.56. The second-order valence-corrected chi connectivity index (χ2v) is 7.13. The maximum atomic E-state index is 5.42. The van der Waals surface area contributed by atoms with Crippen LogP contribution in [-0.4, -0.2) is 61.8 Å². The average Bonchev–Trinajstić information content (AvgIpc) is 2.72. The first kappa shape index (κ1) is 19.4. The number of piperidine rings is 1. The minimum Gasteiger partial charge on any atom is -0.493 e. The molecular formula is C21H30N4O2. The van der Waals surface area contributed by atoms with Gasteiger partial charge in [0.05, 0.1) is 19.9 Å². The molecule has 0 bridgehead atoms. The van der Waals surface area contributed by atoms with Crippen LogP contribution in [0.5, 0.6) is 11.5 Å². The van der Waals surface area contributed by atoms with Crippen molar-refractivity contribution in [1.82, 2.24) is 14.9 Å². The van der Waals surface area contributed by atoms with Crippen LogP contribution >= 0.6 is 0 Å². The number of methoxy groups -OCH3 is 2. The molecule has 6 nitrogen and oxygen atoms in total. The van der Waals surface area contributed by atoms with Gasteiger partial charge in [-0.2, -0.15) is 0 Å².